The van der Waals surface area contributed by atoms with Crippen molar-refractivity contribution >= 4 is 5.91 Å². The second kappa shape index (κ2) is 3.72. The molecule has 2 N–H and O–H groups in total. The van der Waals surface area contributed by atoms with Gasteiger partial charge in [-0.2, -0.15) is 0 Å². The highest BCUT2D eigenvalue weighted by molar-refractivity contribution is 5.83. The molecule has 0 spiro atoms. The monoisotopic (exact) mass is 249 g/mol. The summed E-state index contributed by atoms with van der Waals surface area (Å²) >= 11 is 0. The van der Waals surface area contributed by atoms with Crippen LogP contribution in [0, 0.1) is 23.2 Å². The average molecular weight is 249 g/mol. The number of carbonyl (C=O) groups is 1. The largest absolute Gasteiger partial charge is 0.393 e. The second-order valence-corrected chi connectivity index (χ2v) is 7.49. The molecule has 0 aromatic rings. The van der Waals surface area contributed by atoms with E-state index in [-0.39, 0.29) is 17.6 Å². The molecular weight excluding hydrogens is 226 g/mol. The van der Waals surface area contributed by atoms with Gasteiger partial charge >= 0.3 is 0 Å². The van der Waals surface area contributed by atoms with Crippen molar-refractivity contribution in [3.05, 3.63) is 0 Å². The van der Waals surface area contributed by atoms with E-state index in [1.54, 1.807) is 0 Å². The second-order valence-electron chi connectivity index (χ2n) is 7.49. The summed E-state index contributed by atoms with van der Waals surface area (Å²) in [5, 5.41) is 12.5. The topological polar surface area (TPSA) is 49.3 Å². The molecule has 0 aromatic carbocycles. The zero-order valence-electron chi connectivity index (χ0n) is 10.9. The van der Waals surface area contributed by atoms with Gasteiger partial charge in [0, 0.05) is 11.5 Å². The van der Waals surface area contributed by atoms with Gasteiger partial charge in [-0.3, -0.25) is 4.79 Å². The summed E-state index contributed by atoms with van der Waals surface area (Å²) in [5.41, 5.74) is -0.0186. The quantitative estimate of drug-likeness (QED) is 0.784. The van der Waals surface area contributed by atoms with Gasteiger partial charge in [0.15, 0.2) is 0 Å². The molecular formula is C15H23NO2. The fraction of sp³-hybridized carbons (Fsp3) is 0.933. The molecule has 0 aromatic heterocycles. The number of hydrogen-bond acceptors (Lipinski definition) is 2. The van der Waals surface area contributed by atoms with Gasteiger partial charge in [-0.05, 0) is 69.1 Å². The Labute approximate surface area is 108 Å². The average Bonchev–Trinajstić information content (AvgIpc) is 2.24. The van der Waals surface area contributed by atoms with Crippen LogP contribution in [-0.2, 0) is 4.79 Å². The number of amides is 1. The number of hydrogen-bond donors (Lipinski definition) is 2. The van der Waals surface area contributed by atoms with Crippen molar-refractivity contribution < 1.29 is 9.90 Å². The number of aliphatic hydroxyl groups excluding tert-OH is 1. The van der Waals surface area contributed by atoms with Gasteiger partial charge in [0.1, 0.15) is 0 Å². The molecule has 5 saturated carbocycles. The maximum Gasteiger partial charge on any atom is 0.226 e. The van der Waals surface area contributed by atoms with Crippen LogP contribution in [0.4, 0.5) is 0 Å². The molecule has 0 atom stereocenters. The van der Waals surface area contributed by atoms with Crippen LogP contribution < -0.4 is 5.32 Å². The van der Waals surface area contributed by atoms with Gasteiger partial charge < -0.3 is 10.4 Å². The van der Waals surface area contributed by atoms with Crippen LogP contribution in [0.2, 0.25) is 0 Å². The van der Waals surface area contributed by atoms with E-state index < -0.39 is 0 Å². The molecule has 3 heteroatoms. The Kier molecular flexibility index (Phi) is 2.33. The third kappa shape index (κ3) is 1.63. The first-order chi connectivity index (χ1) is 8.63. The first-order valence-electron chi connectivity index (χ1n) is 7.62. The lowest BCUT2D eigenvalue weighted by molar-refractivity contribution is -0.148. The van der Waals surface area contributed by atoms with Crippen LogP contribution in [0.5, 0.6) is 0 Å². The highest BCUT2D eigenvalue weighted by Gasteiger charge is 2.55. The molecule has 5 rings (SSSR count). The standard InChI is InChI=1S/C15H23NO2/c17-13-4-12(5-13)16-14(18)15-6-9-1-10(7-15)3-11(2-9)8-15/h9-13,17H,1-8H2,(H,16,18). The maximum absolute atomic E-state index is 12.6. The van der Waals surface area contributed by atoms with Crippen LogP contribution in [0.15, 0.2) is 0 Å². The molecule has 0 radical (unpaired) electrons. The van der Waals surface area contributed by atoms with Gasteiger partial charge in [0.05, 0.1) is 6.10 Å². The molecule has 5 aliphatic carbocycles. The van der Waals surface area contributed by atoms with Crippen molar-refractivity contribution in [2.75, 3.05) is 0 Å². The van der Waals surface area contributed by atoms with Gasteiger partial charge in [0.2, 0.25) is 5.91 Å². The predicted octanol–water partition coefficient (Wildman–Crippen LogP) is 1.84. The fourth-order valence-electron chi connectivity index (χ4n) is 5.43. The van der Waals surface area contributed by atoms with E-state index in [1.165, 1.54) is 19.3 Å². The number of aliphatic hydroxyl groups is 1. The van der Waals surface area contributed by atoms with Crippen molar-refractivity contribution in [3.63, 3.8) is 0 Å². The minimum absolute atomic E-state index is 0.0186. The van der Waals surface area contributed by atoms with E-state index in [1.807, 2.05) is 0 Å². The Hall–Kier alpha value is -0.570. The zero-order valence-corrected chi connectivity index (χ0v) is 10.9. The summed E-state index contributed by atoms with van der Waals surface area (Å²) in [7, 11) is 0. The van der Waals surface area contributed by atoms with Crippen molar-refractivity contribution in [2.45, 2.75) is 63.5 Å². The molecule has 0 saturated heterocycles. The Morgan fingerprint density at radius 2 is 1.44 bits per heavy atom. The molecule has 5 aliphatic rings. The van der Waals surface area contributed by atoms with E-state index in [0.717, 1.165) is 49.9 Å². The molecule has 5 fully saturated rings. The van der Waals surface area contributed by atoms with Crippen LogP contribution in [0.3, 0.4) is 0 Å². The third-order valence-corrected chi connectivity index (χ3v) is 5.97. The maximum atomic E-state index is 12.6. The van der Waals surface area contributed by atoms with Gasteiger partial charge in [-0.15, -0.1) is 0 Å². The Morgan fingerprint density at radius 3 is 1.89 bits per heavy atom. The summed E-state index contributed by atoms with van der Waals surface area (Å²) in [6.07, 6.45) is 8.92. The lowest BCUT2D eigenvalue weighted by Crippen LogP contribution is -2.57. The summed E-state index contributed by atoms with van der Waals surface area (Å²) < 4.78 is 0. The molecule has 4 bridgehead atoms. The Balaban J connectivity index is 1.48. The summed E-state index contributed by atoms with van der Waals surface area (Å²) in [6.45, 7) is 0. The van der Waals surface area contributed by atoms with Crippen LogP contribution in [0.1, 0.15) is 51.4 Å². The molecule has 100 valence electrons. The zero-order chi connectivity index (χ0) is 12.3. The molecule has 1 amide bonds. The van der Waals surface area contributed by atoms with Crippen LogP contribution >= 0.6 is 0 Å². The number of carbonyl (C=O) groups excluding carboxylic acids is 1. The van der Waals surface area contributed by atoms with Crippen molar-refractivity contribution in [1.82, 2.24) is 5.32 Å². The summed E-state index contributed by atoms with van der Waals surface area (Å²) in [4.78, 5) is 12.6. The lowest BCUT2D eigenvalue weighted by Gasteiger charge is -2.56. The van der Waals surface area contributed by atoms with E-state index in [2.05, 4.69) is 5.32 Å². The van der Waals surface area contributed by atoms with Crippen LogP contribution in [0.25, 0.3) is 0 Å². The molecule has 0 unspecified atom stereocenters. The van der Waals surface area contributed by atoms with E-state index >= 15 is 0 Å². The first kappa shape index (κ1) is 11.3. The molecule has 3 nitrogen and oxygen atoms in total. The Morgan fingerprint density at radius 1 is 0.944 bits per heavy atom. The van der Waals surface area contributed by atoms with Gasteiger partial charge in [-0.25, -0.2) is 0 Å². The van der Waals surface area contributed by atoms with E-state index in [4.69, 9.17) is 0 Å². The van der Waals surface area contributed by atoms with Gasteiger partial charge in [0.25, 0.3) is 0 Å². The van der Waals surface area contributed by atoms with E-state index in [9.17, 15) is 9.90 Å². The van der Waals surface area contributed by atoms with Gasteiger partial charge in [-0.1, -0.05) is 0 Å². The lowest BCUT2D eigenvalue weighted by atomic mass is 9.49. The highest BCUT2D eigenvalue weighted by Crippen LogP contribution is 2.60. The Bertz CT molecular complexity index is 337. The minimum Gasteiger partial charge on any atom is -0.393 e. The SMILES string of the molecule is O=C(NC1CC(O)C1)C12CC3CC(CC(C3)C1)C2. The minimum atomic E-state index is -0.174. The van der Waals surface area contributed by atoms with E-state index in [0.29, 0.717) is 5.91 Å². The fourth-order valence-corrected chi connectivity index (χ4v) is 5.43. The normalized spacial score (nSPS) is 53.1. The molecule has 0 aliphatic heterocycles. The van der Waals surface area contributed by atoms with Crippen LogP contribution in [-0.4, -0.2) is 23.2 Å². The molecule has 0 heterocycles. The van der Waals surface area contributed by atoms with Crippen molar-refractivity contribution in [3.8, 4) is 0 Å². The number of rotatable bonds is 2. The summed E-state index contributed by atoms with van der Waals surface area (Å²) in [5.74, 6) is 2.80. The third-order valence-electron chi connectivity index (χ3n) is 5.97. The highest BCUT2D eigenvalue weighted by atomic mass is 16.3. The number of nitrogens with one attached hydrogen (secondary N) is 1. The smallest absolute Gasteiger partial charge is 0.226 e. The first-order valence-corrected chi connectivity index (χ1v) is 7.62. The summed E-state index contributed by atoms with van der Waals surface area (Å²) in [6, 6.07) is 0.250. The molecule has 18 heavy (non-hydrogen) atoms. The predicted molar refractivity (Wildman–Crippen MR) is 67.8 cm³/mol. The van der Waals surface area contributed by atoms with Crippen molar-refractivity contribution in [2.24, 2.45) is 23.2 Å². The van der Waals surface area contributed by atoms with Crippen molar-refractivity contribution in [1.29, 1.82) is 0 Å².